The molecule has 0 radical (unpaired) electrons. The minimum atomic E-state index is -0.654. The van der Waals surface area contributed by atoms with Crippen LogP contribution in [0.15, 0.2) is 24.3 Å². The van der Waals surface area contributed by atoms with Crippen molar-refractivity contribution in [3.05, 3.63) is 29.1 Å². The lowest BCUT2D eigenvalue weighted by Gasteiger charge is -2.23. The van der Waals surface area contributed by atoms with Gasteiger partial charge in [-0.05, 0) is 44.4 Å². The van der Waals surface area contributed by atoms with Gasteiger partial charge in [0.15, 0.2) is 0 Å². The van der Waals surface area contributed by atoms with Crippen LogP contribution in [-0.2, 0) is 0 Å². The fourth-order valence-electron chi connectivity index (χ4n) is 2.17. The van der Waals surface area contributed by atoms with Crippen molar-refractivity contribution in [2.75, 3.05) is 27.2 Å². The first kappa shape index (κ1) is 20.3. The zero-order valence-corrected chi connectivity index (χ0v) is 16.6. The van der Waals surface area contributed by atoms with E-state index in [0.717, 1.165) is 11.5 Å². The Hall–Kier alpha value is -2.03. The summed E-state index contributed by atoms with van der Waals surface area (Å²) < 4.78 is 9.73. The molecule has 0 aliphatic carbocycles. The quantitative estimate of drug-likeness (QED) is 0.767. The lowest BCUT2D eigenvalue weighted by molar-refractivity contribution is 0.0832. The van der Waals surface area contributed by atoms with Gasteiger partial charge in [-0.3, -0.25) is 4.79 Å². The standard InChI is InChI=1S/C18H26N4O3S/c1-18(2,3)19-10-12(23)11-25-14-9-7-6-8-13(14)15-16(26-21-20-15)17(24)22(4)5/h6-9,12,19,23H,10-11H2,1-5H3. The highest BCUT2D eigenvalue weighted by atomic mass is 32.1. The number of para-hydroxylation sites is 1. The molecule has 0 aliphatic heterocycles. The van der Waals surface area contributed by atoms with E-state index in [4.69, 9.17) is 4.74 Å². The van der Waals surface area contributed by atoms with Crippen molar-refractivity contribution < 1.29 is 14.6 Å². The van der Waals surface area contributed by atoms with Crippen LogP contribution in [0.5, 0.6) is 5.75 Å². The van der Waals surface area contributed by atoms with Gasteiger partial charge < -0.3 is 20.1 Å². The minimum absolute atomic E-state index is 0.0768. The first-order valence-electron chi connectivity index (χ1n) is 8.38. The zero-order chi connectivity index (χ0) is 19.3. The van der Waals surface area contributed by atoms with Crippen molar-refractivity contribution in [2.45, 2.75) is 32.4 Å². The molecule has 2 rings (SSSR count). The number of benzene rings is 1. The number of aliphatic hydroxyl groups excluding tert-OH is 1. The first-order chi connectivity index (χ1) is 12.2. The van der Waals surface area contributed by atoms with Gasteiger partial charge >= 0.3 is 0 Å². The number of β-amino-alcohol motifs (C(OH)–C–C–N with tert-alkyl or cyclic N) is 1. The Balaban J connectivity index is 2.14. The Morgan fingerprint density at radius 3 is 2.69 bits per heavy atom. The molecule has 0 fully saturated rings. The van der Waals surface area contributed by atoms with Crippen molar-refractivity contribution in [1.82, 2.24) is 19.8 Å². The molecule has 1 amide bonds. The number of ether oxygens (including phenoxy) is 1. The molecule has 0 bridgehead atoms. The van der Waals surface area contributed by atoms with Gasteiger partial charge in [0.1, 0.15) is 29.0 Å². The average Bonchev–Trinajstić information content (AvgIpc) is 3.06. The third-order valence-corrected chi connectivity index (χ3v) is 4.24. The summed E-state index contributed by atoms with van der Waals surface area (Å²) in [5, 5.41) is 17.5. The van der Waals surface area contributed by atoms with Crippen LogP contribution in [0.4, 0.5) is 0 Å². The Morgan fingerprint density at radius 2 is 2.04 bits per heavy atom. The van der Waals surface area contributed by atoms with E-state index in [1.807, 2.05) is 39.0 Å². The van der Waals surface area contributed by atoms with E-state index in [1.165, 1.54) is 4.90 Å². The van der Waals surface area contributed by atoms with Crippen molar-refractivity contribution in [2.24, 2.45) is 0 Å². The van der Waals surface area contributed by atoms with Gasteiger partial charge in [-0.1, -0.05) is 16.6 Å². The highest BCUT2D eigenvalue weighted by molar-refractivity contribution is 7.08. The normalized spacial score (nSPS) is 12.7. The summed E-state index contributed by atoms with van der Waals surface area (Å²) in [6, 6.07) is 7.32. The summed E-state index contributed by atoms with van der Waals surface area (Å²) >= 11 is 1.06. The fourth-order valence-corrected chi connectivity index (χ4v) is 2.87. The number of amides is 1. The lowest BCUT2D eigenvalue weighted by Crippen LogP contribution is -2.42. The van der Waals surface area contributed by atoms with E-state index in [-0.39, 0.29) is 18.1 Å². The molecule has 142 valence electrons. The monoisotopic (exact) mass is 378 g/mol. The number of hydrogen-bond acceptors (Lipinski definition) is 7. The Kier molecular flexibility index (Phi) is 6.69. The molecule has 0 saturated heterocycles. The molecule has 8 heteroatoms. The maximum Gasteiger partial charge on any atom is 0.267 e. The molecular weight excluding hydrogens is 352 g/mol. The molecule has 2 N–H and O–H groups in total. The smallest absolute Gasteiger partial charge is 0.267 e. The molecule has 2 aromatic rings. The molecule has 1 atom stereocenters. The first-order valence-corrected chi connectivity index (χ1v) is 9.15. The number of aromatic nitrogens is 2. The maximum absolute atomic E-state index is 12.3. The number of nitrogens with zero attached hydrogens (tertiary/aromatic N) is 3. The van der Waals surface area contributed by atoms with E-state index in [2.05, 4.69) is 14.9 Å². The van der Waals surface area contributed by atoms with E-state index < -0.39 is 6.10 Å². The third kappa shape index (κ3) is 5.48. The molecule has 0 spiro atoms. The van der Waals surface area contributed by atoms with E-state index >= 15 is 0 Å². The van der Waals surface area contributed by atoms with Crippen LogP contribution in [0.2, 0.25) is 0 Å². The van der Waals surface area contributed by atoms with Gasteiger partial charge in [0.05, 0.1) is 0 Å². The van der Waals surface area contributed by atoms with Gasteiger partial charge in [0, 0.05) is 31.7 Å². The third-order valence-electron chi connectivity index (χ3n) is 3.53. The second-order valence-electron chi connectivity index (χ2n) is 7.24. The van der Waals surface area contributed by atoms with Crippen molar-refractivity contribution in [1.29, 1.82) is 0 Å². The molecule has 0 aliphatic rings. The topological polar surface area (TPSA) is 87.6 Å². The molecule has 1 heterocycles. The van der Waals surface area contributed by atoms with Gasteiger partial charge in [-0.15, -0.1) is 5.10 Å². The van der Waals surface area contributed by atoms with E-state index in [1.54, 1.807) is 20.2 Å². The van der Waals surface area contributed by atoms with Crippen molar-refractivity contribution in [3.63, 3.8) is 0 Å². The van der Waals surface area contributed by atoms with Crippen molar-refractivity contribution in [3.8, 4) is 17.0 Å². The predicted molar refractivity (Wildman–Crippen MR) is 103 cm³/mol. The number of hydrogen-bond donors (Lipinski definition) is 2. The van der Waals surface area contributed by atoms with Crippen LogP contribution in [0.3, 0.4) is 0 Å². The van der Waals surface area contributed by atoms with Gasteiger partial charge in [-0.2, -0.15) is 0 Å². The van der Waals surface area contributed by atoms with E-state index in [0.29, 0.717) is 28.4 Å². The van der Waals surface area contributed by atoms with Gasteiger partial charge in [0.2, 0.25) is 0 Å². The second kappa shape index (κ2) is 8.57. The number of nitrogens with one attached hydrogen (secondary N) is 1. The van der Waals surface area contributed by atoms with Crippen LogP contribution >= 0.6 is 11.5 Å². The second-order valence-corrected chi connectivity index (χ2v) is 8.00. The largest absolute Gasteiger partial charge is 0.490 e. The van der Waals surface area contributed by atoms with E-state index in [9.17, 15) is 9.90 Å². The SMILES string of the molecule is CN(C)C(=O)c1snnc1-c1ccccc1OCC(O)CNC(C)(C)C. The lowest BCUT2D eigenvalue weighted by atomic mass is 10.1. The molecule has 26 heavy (non-hydrogen) atoms. The molecule has 0 saturated carbocycles. The highest BCUT2D eigenvalue weighted by Crippen LogP contribution is 2.32. The fraction of sp³-hybridized carbons (Fsp3) is 0.500. The van der Waals surface area contributed by atoms with Crippen LogP contribution in [0.1, 0.15) is 30.4 Å². The molecular formula is C18H26N4O3S. The Morgan fingerprint density at radius 1 is 1.35 bits per heavy atom. The molecule has 1 aromatic heterocycles. The van der Waals surface area contributed by atoms with Crippen LogP contribution in [-0.4, -0.2) is 64.4 Å². The minimum Gasteiger partial charge on any atom is -0.490 e. The summed E-state index contributed by atoms with van der Waals surface area (Å²) in [6.45, 7) is 6.67. The summed E-state index contributed by atoms with van der Waals surface area (Å²) in [7, 11) is 3.37. The Labute approximate surface area is 158 Å². The van der Waals surface area contributed by atoms with Gasteiger partial charge in [0.25, 0.3) is 5.91 Å². The predicted octanol–water partition coefficient (Wildman–Crippen LogP) is 2.03. The zero-order valence-electron chi connectivity index (χ0n) is 15.8. The number of carbonyl (C=O) groups excluding carboxylic acids is 1. The summed E-state index contributed by atoms with van der Waals surface area (Å²) in [6.07, 6.45) is -0.654. The van der Waals surface area contributed by atoms with Crippen molar-refractivity contribution >= 4 is 17.4 Å². The highest BCUT2D eigenvalue weighted by Gasteiger charge is 2.22. The Bertz CT molecular complexity index is 740. The summed E-state index contributed by atoms with van der Waals surface area (Å²) in [4.78, 5) is 14.3. The number of rotatable bonds is 7. The van der Waals surface area contributed by atoms with Crippen LogP contribution in [0.25, 0.3) is 11.3 Å². The van der Waals surface area contributed by atoms with Crippen LogP contribution in [0, 0.1) is 0 Å². The summed E-state index contributed by atoms with van der Waals surface area (Å²) in [5.74, 6) is 0.405. The molecule has 7 nitrogen and oxygen atoms in total. The van der Waals surface area contributed by atoms with Gasteiger partial charge in [-0.25, -0.2) is 0 Å². The number of aliphatic hydroxyl groups is 1. The number of carbonyl (C=O) groups is 1. The summed E-state index contributed by atoms with van der Waals surface area (Å²) in [5.41, 5.74) is 1.10. The molecule has 1 aromatic carbocycles. The maximum atomic E-state index is 12.3. The molecule has 1 unspecified atom stereocenters. The average molecular weight is 378 g/mol. The van der Waals surface area contributed by atoms with Crippen LogP contribution < -0.4 is 10.1 Å².